The quantitative estimate of drug-likeness (QED) is 0.887. The van der Waals surface area contributed by atoms with Crippen molar-refractivity contribution in [2.45, 2.75) is 19.1 Å². The highest BCUT2D eigenvalue weighted by Gasteiger charge is 2.18. The van der Waals surface area contributed by atoms with Gasteiger partial charge in [0.1, 0.15) is 18.5 Å². The van der Waals surface area contributed by atoms with Crippen LogP contribution < -0.4 is 4.74 Å². The lowest BCUT2D eigenvalue weighted by molar-refractivity contribution is 0.0637. The maximum Gasteiger partial charge on any atom is 0.120 e. The topological polar surface area (TPSA) is 32.7 Å². The number of ether oxygens (including phenoxy) is 1. The Morgan fingerprint density at radius 2 is 1.95 bits per heavy atom. The maximum absolute atomic E-state index is 10.2. The molecule has 0 aliphatic carbocycles. The van der Waals surface area contributed by atoms with Gasteiger partial charge in [-0.3, -0.25) is 4.90 Å². The SMILES string of the molecule is O[C@H](COc1cccc(Br)c1)CN1CCc2ccccc2C1. The number of benzene rings is 2. The van der Waals surface area contributed by atoms with Crippen LogP contribution in [0.25, 0.3) is 0 Å². The number of hydrogen-bond donors (Lipinski definition) is 1. The molecule has 0 saturated carbocycles. The molecule has 116 valence electrons. The van der Waals surface area contributed by atoms with Crippen molar-refractivity contribution >= 4 is 15.9 Å². The van der Waals surface area contributed by atoms with Crippen LogP contribution in [0.5, 0.6) is 5.75 Å². The summed E-state index contributed by atoms with van der Waals surface area (Å²) in [6.07, 6.45) is 0.569. The molecule has 0 fully saturated rings. The molecule has 0 amide bonds. The zero-order valence-corrected chi connectivity index (χ0v) is 14.0. The van der Waals surface area contributed by atoms with E-state index in [2.05, 4.69) is 45.1 Å². The van der Waals surface area contributed by atoms with E-state index in [1.54, 1.807) is 0 Å². The fourth-order valence-electron chi connectivity index (χ4n) is 2.81. The molecule has 1 aliphatic rings. The zero-order chi connectivity index (χ0) is 15.4. The first-order valence-corrected chi connectivity index (χ1v) is 8.35. The molecule has 0 radical (unpaired) electrons. The Labute approximate surface area is 139 Å². The van der Waals surface area contributed by atoms with Crippen molar-refractivity contribution in [2.75, 3.05) is 19.7 Å². The molecule has 2 aromatic carbocycles. The van der Waals surface area contributed by atoms with Crippen LogP contribution in [0.4, 0.5) is 0 Å². The molecule has 0 bridgehead atoms. The molecule has 1 aliphatic heterocycles. The first kappa shape index (κ1) is 15.5. The van der Waals surface area contributed by atoms with Crippen LogP contribution in [0.3, 0.4) is 0 Å². The average molecular weight is 362 g/mol. The molecular weight excluding hydrogens is 342 g/mol. The highest BCUT2D eigenvalue weighted by atomic mass is 79.9. The fraction of sp³-hybridized carbons (Fsp3) is 0.333. The molecule has 1 heterocycles. The minimum Gasteiger partial charge on any atom is -0.491 e. The van der Waals surface area contributed by atoms with Gasteiger partial charge in [0.15, 0.2) is 0 Å². The second kappa shape index (κ2) is 7.27. The van der Waals surface area contributed by atoms with Crippen molar-refractivity contribution in [3.8, 4) is 5.75 Å². The van der Waals surface area contributed by atoms with Crippen LogP contribution in [0, 0.1) is 0 Å². The van der Waals surface area contributed by atoms with Gasteiger partial charge in [-0.15, -0.1) is 0 Å². The number of aliphatic hydroxyl groups excluding tert-OH is 1. The van der Waals surface area contributed by atoms with Crippen molar-refractivity contribution in [1.29, 1.82) is 0 Å². The van der Waals surface area contributed by atoms with Gasteiger partial charge in [0.05, 0.1) is 0 Å². The standard InChI is InChI=1S/C18H20BrNO2/c19-16-6-3-7-18(10-16)22-13-17(21)12-20-9-8-14-4-1-2-5-15(14)11-20/h1-7,10,17,21H,8-9,11-13H2/t17-/m0/s1. The average Bonchev–Trinajstić information content (AvgIpc) is 2.53. The summed E-state index contributed by atoms with van der Waals surface area (Å²) < 4.78 is 6.63. The number of β-amino-alcohol motifs (C(OH)–C–C–N with tert-alkyl or cyclic N) is 1. The van der Waals surface area contributed by atoms with Gasteiger partial charge in [-0.05, 0) is 35.7 Å². The van der Waals surface area contributed by atoms with Crippen LogP contribution in [0.2, 0.25) is 0 Å². The van der Waals surface area contributed by atoms with Gasteiger partial charge >= 0.3 is 0 Å². The molecule has 1 atom stereocenters. The van der Waals surface area contributed by atoms with Crippen molar-refractivity contribution in [3.63, 3.8) is 0 Å². The Kier molecular flexibility index (Phi) is 5.13. The summed E-state index contributed by atoms with van der Waals surface area (Å²) >= 11 is 3.41. The minimum absolute atomic E-state index is 0.314. The summed E-state index contributed by atoms with van der Waals surface area (Å²) in [6, 6.07) is 16.2. The van der Waals surface area contributed by atoms with Crippen molar-refractivity contribution < 1.29 is 9.84 Å². The van der Waals surface area contributed by atoms with Crippen LogP contribution in [-0.2, 0) is 13.0 Å². The summed E-state index contributed by atoms with van der Waals surface area (Å²) in [7, 11) is 0. The summed E-state index contributed by atoms with van der Waals surface area (Å²) in [6.45, 7) is 2.85. The van der Waals surface area contributed by atoms with E-state index in [9.17, 15) is 5.11 Å². The lowest BCUT2D eigenvalue weighted by Gasteiger charge is -2.30. The van der Waals surface area contributed by atoms with E-state index in [4.69, 9.17) is 4.74 Å². The lowest BCUT2D eigenvalue weighted by Crippen LogP contribution is -2.38. The number of halogens is 1. The first-order chi connectivity index (χ1) is 10.7. The summed E-state index contributed by atoms with van der Waals surface area (Å²) in [4.78, 5) is 2.29. The van der Waals surface area contributed by atoms with Crippen molar-refractivity contribution in [3.05, 3.63) is 64.1 Å². The van der Waals surface area contributed by atoms with Crippen LogP contribution in [0.15, 0.2) is 53.0 Å². The van der Waals surface area contributed by atoms with E-state index in [1.807, 2.05) is 24.3 Å². The second-order valence-corrected chi connectivity index (χ2v) is 6.59. The molecule has 0 saturated heterocycles. The fourth-order valence-corrected chi connectivity index (χ4v) is 3.19. The Bertz CT molecular complexity index is 632. The normalized spacial score (nSPS) is 16.1. The van der Waals surface area contributed by atoms with Gasteiger partial charge < -0.3 is 9.84 Å². The predicted octanol–water partition coefficient (Wildman–Crippen LogP) is 3.25. The third-order valence-electron chi connectivity index (χ3n) is 3.92. The Morgan fingerprint density at radius 3 is 2.77 bits per heavy atom. The van der Waals surface area contributed by atoms with Crippen molar-refractivity contribution in [1.82, 2.24) is 4.90 Å². The molecule has 3 rings (SSSR count). The van der Waals surface area contributed by atoms with Gasteiger partial charge in [-0.25, -0.2) is 0 Å². The smallest absolute Gasteiger partial charge is 0.120 e. The molecule has 3 nitrogen and oxygen atoms in total. The Balaban J connectivity index is 1.49. The number of hydrogen-bond acceptors (Lipinski definition) is 3. The molecule has 0 unspecified atom stereocenters. The second-order valence-electron chi connectivity index (χ2n) is 5.68. The first-order valence-electron chi connectivity index (χ1n) is 7.56. The van der Waals surface area contributed by atoms with Crippen molar-refractivity contribution in [2.24, 2.45) is 0 Å². The number of rotatable bonds is 5. The Hall–Kier alpha value is -1.36. The zero-order valence-electron chi connectivity index (χ0n) is 12.4. The third kappa shape index (κ3) is 4.09. The highest BCUT2D eigenvalue weighted by molar-refractivity contribution is 9.10. The number of aliphatic hydroxyl groups is 1. The molecule has 22 heavy (non-hydrogen) atoms. The third-order valence-corrected chi connectivity index (χ3v) is 4.41. The summed E-state index contributed by atoms with van der Waals surface area (Å²) in [5.41, 5.74) is 2.80. The van der Waals surface area contributed by atoms with E-state index in [0.29, 0.717) is 13.2 Å². The minimum atomic E-state index is -0.482. The number of nitrogens with zero attached hydrogens (tertiary/aromatic N) is 1. The molecule has 0 spiro atoms. The van der Waals surface area contributed by atoms with Gasteiger partial charge in [0.25, 0.3) is 0 Å². The lowest BCUT2D eigenvalue weighted by atomic mass is 10.00. The van der Waals surface area contributed by atoms with Gasteiger partial charge in [0, 0.05) is 24.1 Å². The van der Waals surface area contributed by atoms with E-state index in [0.717, 1.165) is 29.7 Å². The highest BCUT2D eigenvalue weighted by Crippen LogP contribution is 2.20. The van der Waals surface area contributed by atoms with Gasteiger partial charge in [0.2, 0.25) is 0 Å². The van der Waals surface area contributed by atoms with Gasteiger partial charge in [-0.2, -0.15) is 0 Å². The van der Waals surface area contributed by atoms with Crippen LogP contribution in [-0.4, -0.2) is 35.8 Å². The molecule has 1 N–H and O–H groups in total. The molecular formula is C18H20BrNO2. The molecule has 4 heteroatoms. The van der Waals surface area contributed by atoms with Crippen LogP contribution in [0.1, 0.15) is 11.1 Å². The summed E-state index contributed by atoms with van der Waals surface area (Å²) in [5.74, 6) is 0.775. The van der Waals surface area contributed by atoms with E-state index >= 15 is 0 Å². The maximum atomic E-state index is 10.2. The van der Waals surface area contributed by atoms with E-state index in [-0.39, 0.29) is 0 Å². The number of fused-ring (bicyclic) bond motifs is 1. The monoisotopic (exact) mass is 361 g/mol. The van der Waals surface area contributed by atoms with E-state index in [1.165, 1.54) is 11.1 Å². The predicted molar refractivity (Wildman–Crippen MR) is 91.1 cm³/mol. The Morgan fingerprint density at radius 1 is 1.14 bits per heavy atom. The molecule has 0 aromatic heterocycles. The molecule has 2 aromatic rings. The van der Waals surface area contributed by atoms with Crippen LogP contribution >= 0.6 is 15.9 Å². The van der Waals surface area contributed by atoms with Gasteiger partial charge in [-0.1, -0.05) is 46.3 Å². The largest absolute Gasteiger partial charge is 0.491 e. The van der Waals surface area contributed by atoms with E-state index < -0.39 is 6.10 Å². The summed E-state index contributed by atoms with van der Waals surface area (Å²) in [5, 5.41) is 10.2.